The van der Waals surface area contributed by atoms with Crippen LogP contribution in [-0.2, 0) is 6.61 Å². The van der Waals surface area contributed by atoms with Gasteiger partial charge in [0.15, 0.2) is 23.1 Å². The lowest BCUT2D eigenvalue weighted by molar-refractivity contribution is 0.287. The second-order valence-electron chi connectivity index (χ2n) is 6.06. The maximum Gasteiger partial charge on any atom is 0.225 e. The summed E-state index contributed by atoms with van der Waals surface area (Å²) in [4.78, 5) is 13.3. The molecule has 0 aliphatic rings. The number of aromatic amines is 1. The number of aromatic nitrogens is 5. The highest BCUT2D eigenvalue weighted by Gasteiger charge is 2.12. The Bertz CT molecular complexity index is 1130. The van der Waals surface area contributed by atoms with Crippen LogP contribution in [0.3, 0.4) is 0 Å². The van der Waals surface area contributed by atoms with Crippen molar-refractivity contribution in [2.45, 2.75) is 13.5 Å². The molecule has 0 unspecified atom stereocenters. The standard InChI is InChI=1S/C20H19N5O3/c1-12-21-15-7-5-4-6-14(15)20(22-12)28-11-18-23-19(25-24-18)13-8-9-16(26-2)17(10-13)27-3/h4-10H,11H2,1-3H3,(H,23,24,25). The summed E-state index contributed by atoms with van der Waals surface area (Å²) in [5, 5.41) is 8.02. The molecule has 2 aromatic heterocycles. The fourth-order valence-electron chi connectivity index (χ4n) is 2.87. The van der Waals surface area contributed by atoms with E-state index < -0.39 is 0 Å². The van der Waals surface area contributed by atoms with Crippen LogP contribution in [0.5, 0.6) is 17.4 Å². The van der Waals surface area contributed by atoms with Crippen molar-refractivity contribution in [3.8, 4) is 28.8 Å². The predicted octanol–water partition coefficient (Wildman–Crippen LogP) is 3.32. The molecule has 0 saturated heterocycles. The first-order valence-electron chi connectivity index (χ1n) is 8.68. The first-order chi connectivity index (χ1) is 13.7. The highest BCUT2D eigenvalue weighted by molar-refractivity contribution is 5.83. The zero-order valence-corrected chi connectivity index (χ0v) is 15.8. The van der Waals surface area contributed by atoms with Crippen molar-refractivity contribution in [1.82, 2.24) is 25.1 Å². The van der Waals surface area contributed by atoms with Crippen LogP contribution in [0.4, 0.5) is 0 Å². The van der Waals surface area contributed by atoms with Crippen molar-refractivity contribution in [2.24, 2.45) is 0 Å². The number of fused-ring (bicyclic) bond motifs is 1. The van der Waals surface area contributed by atoms with E-state index in [9.17, 15) is 0 Å². The molecule has 0 aliphatic carbocycles. The van der Waals surface area contributed by atoms with E-state index in [4.69, 9.17) is 14.2 Å². The molecule has 8 heteroatoms. The first kappa shape index (κ1) is 17.7. The SMILES string of the molecule is COc1ccc(-c2n[nH]c(COc3nc(C)nc4ccccc34)n2)cc1OC. The van der Waals surface area contributed by atoms with Gasteiger partial charge >= 0.3 is 0 Å². The summed E-state index contributed by atoms with van der Waals surface area (Å²) >= 11 is 0. The third kappa shape index (κ3) is 3.44. The van der Waals surface area contributed by atoms with Crippen molar-refractivity contribution < 1.29 is 14.2 Å². The van der Waals surface area contributed by atoms with Crippen LogP contribution >= 0.6 is 0 Å². The molecule has 1 N–H and O–H groups in total. The van der Waals surface area contributed by atoms with Gasteiger partial charge in [0, 0.05) is 5.56 Å². The van der Waals surface area contributed by atoms with Crippen molar-refractivity contribution in [3.05, 3.63) is 54.1 Å². The van der Waals surface area contributed by atoms with Crippen LogP contribution in [-0.4, -0.2) is 39.4 Å². The third-order valence-corrected chi connectivity index (χ3v) is 4.20. The molecule has 0 amide bonds. The molecule has 0 aliphatic heterocycles. The largest absolute Gasteiger partial charge is 0.493 e. The van der Waals surface area contributed by atoms with Gasteiger partial charge < -0.3 is 14.2 Å². The molecule has 28 heavy (non-hydrogen) atoms. The molecule has 4 rings (SSSR count). The molecule has 8 nitrogen and oxygen atoms in total. The summed E-state index contributed by atoms with van der Waals surface area (Å²) in [5.74, 6) is 3.57. The average molecular weight is 377 g/mol. The molecule has 4 aromatic rings. The minimum Gasteiger partial charge on any atom is -0.493 e. The Morgan fingerprint density at radius 1 is 0.929 bits per heavy atom. The quantitative estimate of drug-likeness (QED) is 0.551. The van der Waals surface area contributed by atoms with Gasteiger partial charge in [-0.2, -0.15) is 10.1 Å². The van der Waals surface area contributed by atoms with E-state index in [1.54, 1.807) is 14.2 Å². The van der Waals surface area contributed by atoms with Crippen molar-refractivity contribution >= 4 is 10.9 Å². The Kier molecular flexibility index (Phi) is 4.76. The van der Waals surface area contributed by atoms with E-state index in [-0.39, 0.29) is 6.61 Å². The smallest absolute Gasteiger partial charge is 0.225 e. The van der Waals surface area contributed by atoms with E-state index in [2.05, 4.69) is 25.1 Å². The second-order valence-corrected chi connectivity index (χ2v) is 6.06. The Labute approximate surface area is 161 Å². The van der Waals surface area contributed by atoms with Crippen LogP contribution in [0.25, 0.3) is 22.3 Å². The second kappa shape index (κ2) is 7.51. The number of para-hydroxylation sites is 1. The van der Waals surface area contributed by atoms with Crippen molar-refractivity contribution in [1.29, 1.82) is 0 Å². The van der Waals surface area contributed by atoms with Gasteiger partial charge in [0.2, 0.25) is 5.88 Å². The van der Waals surface area contributed by atoms with Gasteiger partial charge in [-0.05, 0) is 37.3 Å². The minimum atomic E-state index is 0.209. The van der Waals surface area contributed by atoms with Crippen LogP contribution in [0, 0.1) is 6.92 Å². The molecule has 142 valence electrons. The minimum absolute atomic E-state index is 0.209. The number of hydrogen-bond donors (Lipinski definition) is 1. The van der Waals surface area contributed by atoms with E-state index in [0.717, 1.165) is 16.5 Å². The topological polar surface area (TPSA) is 95.0 Å². The Hall–Kier alpha value is -3.68. The van der Waals surface area contributed by atoms with Crippen LogP contribution in [0.2, 0.25) is 0 Å². The summed E-state index contributed by atoms with van der Waals surface area (Å²) in [6.45, 7) is 2.05. The molecule has 0 bridgehead atoms. The van der Waals surface area contributed by atoms with Crippen molar-refractivity contribution in [3.63, 3.8) is 0 Å². The molecule has 2 heterocycles. The predicted molar refractivity (Wildman–Crippen MR) is 104 cm³/mol. The molecule has 0 atom stereocenters. The number of benzene rings is 2. The molecule has 2 aromatic carbocycles. The maximum absolute atomic E-state index is 5.89. The summed E-state index contributed by atoms with van der Waals surface area (Å²) in [6.07, 6.45) is 0. The summed E-state index contributed by atoms with van der Waals surface area (Å²) in [6, 6.07) is 13.2. The lowest BCUT2D eigenvalue weighted by Crippen LogP contribution is -2.02. The highest BCUT2D eigenvalue weighted by atomic mass is 16.5. The van der Waals surface area contributed by atoms with E-state index in [1.807, 2.05) is 49.4 Å². The Morgan fingerprint density at radius 2 is 1.75 bits per heavy atom. The molecule has 0 fully saturated rings. The molecular formula is C20H19N5O3. The van der Waals surface area contributed by atoms with E-state index >= 15 is 0 Å². The average Bonchev–Trinajstić information content (AvgIpc) is 3.20. The summed E-state index contributed by atoms with van der Waals surface area (Å²) in [5.41, 5.74) is 1.65. The van der Waals surface area contributed by atoms with Crippen LogP contribution in [0.15, 0.2) is 42.5 Å². The van der Waals surface area contributed by atoms with Gasteiger partial charge in [-0.3, -0.25) is 5.10 Å². The van der Waals surface area contributed by atoms with Gasteiger partial charge in [-0.1, -0.05) is 12.1 Å². The van der Waals surface area contributed by atoms with Crippen LogP contribution in [0.1, 0.15) is 11.6 Å². The lowest BCUT2D eigenvalue weighted by atomic mass is 10.2. The maximum atomic E-state index is 5.89. The molecule has 0 spiro atoms. The highest BCUT2D eigenvalue weighted by Crippen LogP contribution is 2.31. The first-order valence-corrected chi connectivity index (χ1v) is 8.68. The third-order valence-electron chi connectivity index (χ3n) is 4.20. The van der Waals surface area contributed by atoms with Gasteiger partial charge in [0.1, 0.15) is 12.4 Å². The Morgan fingerprint density at radius 3 is 2.57 bits per heavy atom. The fraction of sp³-hybridized carbons (Fsp3) is 0.200. The summed E-state index contributed by atoms with van der Waals surface area (Å²) < 4.78 is 16.5. The van der Waals surface area contributed by atoms with Gasteiger partial charge in [-0.25, -0.2) is 9.97 Å². The number of hydrogen-bond acceptors (Lipinski definition) is 7. The van der Waals surface area contributed by atoms with E-state index in [0.29, 0.717) is 34.9 Å². The lowest BCUT2D eigenvalue weighted by Gasteiger charge is -2.08. The molecule has 0 saturated carbocycles. The Balaban J connectivity index is 1.55. The zero-order valence-electron chi connectivity index (χ0n) is 15.8. The number of H-pyrrole nitrogens is 1. The van der Waals surface area contributed by atoms with Gasteiger partial charge in [-0.15, -0.1) is 0 Å². The number of methoxy groups -OCH3 is 2. The number of nitrogens with one attached hydrogen (secondary N) is 1. The number of ether oxygens (including phenoxy) is 3. The number of nitrogens with zero attached hydrogens (tertiary/aromatic N) is 4. The summed E-state index contributed by atoms with van der Waals surface area (Å²) in [7, 11) is 3.19. The molecular weight excluding hydrogens is 358 g/mol. The number of rotatable bonds is 6. The monoisotopic (exact) mass is 377 g/mol. The van der Waals surface area contributed by atoms with Gasteiger partial charge in [0.05, 0.1) is 25.1 Å². The zero-order chi connectivity index (χ0) is 19.5. The van der Waals surface area contributed by atoms with Crippen molar-refractivity contribution in [2.75, 3.05) is 14.2 Å². The van der Waals surface area contributed by atoms with E-state index in [1.165, 1.54) is 0 Å². The van der Waals surface area contributed by atoms with Crippen LogP contribution < -0.4 is 14.2 Å². The fourth-order valence-corrected chi connectivity index (χ4v) is 2.87. The molecule has 0 radical (unpaired) electrons. The number of aryl methyl sites for hydroxylation is 1. The van der Waals surface area contributed by atoms with Gasteiger partial charge in [0.25, 0.3) is 0 Å². The normalized spacial score (nSPS) is 10.8.